The zero-order chi connectivity index (χ0) is 32.6. The van der Waals surface area contributed by atoms with Gasteiger partial charge in [0, 0.05) is 0 Å². The van der Waals surface area contributed by atoms with Gasteiger partial charge in [0.1, 0.15) is 5.60 Å². The Morgan fingerprint density at radius 1 is 0.609 bits per heavy atom. The van der Waals surface area contributed by atoms with Gasteiger partial charge < -0.3 is 4.74 Å². The SMILES string of the molecule is CCCCCCCCC1CCC(C2(CC(C)C3(C4CCC(CCCCCCCC)(OC=O)CC4)CCCCC3)CCCCC2)CC1. The Morgan fingerprint density at radius 2 is 1.15 bits per heavy atom. The van der Waals surface area contributed by atoms with E-state index in [4.69, 9.17) is 4.74 Å². The van der Waals surface area contributed by atoms with Crippen LogP contribution in [0.25, 0.3) is 0 Å². The first-order chi connectivity index (χ1) is 22.5. The number of carbonyl (C=O) groups excluding carboxylic acids is 1. The van der Waals surface area contributed by atoms with Gasteiger partial charge in [-0.05, 0) is 118 Å². The Kier molecular flexibility index (Phi) is 16.8. The molecule has 4 saturated carbocycles. The number of hydrogen-bond donors (Lipinski definition) is 0. The van der Waals surface area contributed by atoms with Crippen LogP contribution in [-0.4, -0.2) is 12.1 Å². The lowest BCUT2D eigenvalue weighted by molar-refractivity contribution is -0.152. The Bertz CT molecular complexity index is 789. The molecule has 0 aliphatic heterocycles. The van der Waals surface area contributed by atoms with Crippen molar-refractivity contribution in [2.24, 2.45) is 34.5 Å². The summed E-state index contributed by atoms with van der Waals surface area (Å²) >= 11 is 0. The second-order valence-electron chi connectivity index (χ2n) is 17.8. The van der Waals surface area contributed by atoms with Gasteiger partial charge in [-0.1, -0.05) is 149 Å². The summed E-state index contributed by atoms with van der Waals surface area (Å²) in [6.45, 7) is 8.16. The molecule has 2 nitrogen and oxygen atoms in total. The van der Waals surface area contributed by atoms with Crippen LogP contribution in [-0.2, 0) is 9.53 Å². The molecule has 268 valence electrons. The number of carbonyl (C=O) groups is 1. The van der Waals surface area contributed by atoms with Crippen molar-refractivity contribution in [3.8, 4) is 0 Å². The van der Waals surface area contributed by atoms with Crippen LogP contribution in [0.1, 0.15) is 233 Å². The van der Waals surface area contributed by atoms with E-state index in [0.717, 1.165) is 49.4 Å². The summed E-state index contributed by atoms with van der Waals surface area (Å²) in [6, 6.07) is 0. The maximum Gasteiger partial charge on any atom is 0.293 e. The molecule has 0 spiro atoms. The first kappa shape index (κ1) is 38.3. The van der Waals surface area contributed by atoms with Gasteiger partial charge in [0.15, 0.2) is 0 Å². The second-order valence-corrected chi connectivity index (χ2v) is 17.8. The fraction of sp³-hybridized carbons (Fsp3) is 0.977. The van der Waals surface area contributed by atoms with Crippen LogP contribution in [0.3, 0.4) is 0 Å². The topological polar surface area (TPSA) is 26.3 Å². The summed E-state index contributed by atoms with van der Waals surface area (Å²) in [5, 5.41) is 0. The lowest BCUT2D eigenvalue weighted by Crippen LogP contribution is -2.47. The van der Waals surface area contributed by atoms with Crippen LogP contribution < -0.4 is 0 Å². The van der Waals surface area contributed by atoms with Crippen molar-refractivity contribution in [2.75, 3.05) is 0 Å². The van der Waals surface area contributed by atoms with E-state index >= 15 is 0 Å². The molecule has 1 unspecified atom stereocenters. The van der Waals surface area contributed by atoms with Crippen LogP contribution >= 0.6 is 0 Å². The van der Waals surface area contributed by atoms with Gasteiger partial charge in [-0.2, -0.15) is 0 Å². The van der Waals surface area contributed by atoms with E-state index in [2.05, 4.69) is 20.8 Å². The van der Waals surface area contributed by atoms with E-state index in [9.17, 15) is 4.79 Å². The van der Waals surface area contributed by atoms with E-state index in [1.165, 1.54) is 193 Å². The van der Waals surface area contributed by atoms with E-state index < -0.39 is 0 Å². The van der Waals surface area contributed by atoms with E-state index in [1.807, 2.05) is 0 Å². The van der Waals surface area contributed by atoms with Crippen LogP contribution in [0.2, 0.25) is 0 Å². The molecule has 0 aromatic heterocycles. The highest BCUT2D eigenvalue weighted by Gasteiger charge is 2.51. The number of rotatable bonds is 21. The highest BCUT2D eigenvalue weighted by molar-refractivity contribution is 5.38. The smallest absolute Gasteiger partial charge is 0.293 e. The van der Waals surface area contributed by atoms with Gasteiger partial charge in [-0.3, -0.25) is 4.79 Å². The molecule has 4 fully saturated rings. The summed E-state index contributed by atoms with van der Waals surface area (Å²) in [7, 11) is 0. The van der Waals surface area contributed by atoms with Crippen LogP contribution in [0.4, 0.5) is 0 Å². The Morgan fingerprint density at radius 3 is 1.74 bits per heavy atom. The van der Waals surface area contributed by atoms with E-state index in [1.54, 1.807) is 0 Å². The highest BCUT2D eigenvalue weighted by atomic mass is 16.5. The molecule has 4 aliphatic rings. The third kappa shape index (κ3) is 10.7. The van der Waals surface area contributed by atoms with Crippen molar-refractivity contribution in [3.63, 3.8) is 0 Å². The molecule has 0 aromatic rings. The second kappa shape index (κ2) is 20.2. The first-order valence-corrected chi connectivity index (χ1v) is 21.6. The van der Waals surface area contributed by atoms with Gasteiger partial charge in [0.05, 0.1) is 0 Å². The Labute approximate surface area is 288 Å². The zero-order valence-corrected chi connectivity index (χ0v) is 31.5. The molecule has 46 heavy (non-hydrogen) atoms. The van der Waals surface area contributed by atoms with Crippen molar-refractivity contribution < 1.29 is 9.53 Å². The first-order valence-electron chi connectivity index (χ1n) is 21.6. The molecule has 0 amide bonds. The lowest BCUT2D eigenvalue weighted by Gasteiger charge is -2.55. The summed E-state index contributed by atoms with van der Waals surface area (Å²) in [5.41, 5.74) is 0.996. The molecule has 0 heterocycles. The molecule has 0 saturated heterocycles. The van der Waals surface area contributed by atoms with Gasteiger partial charge in [0.2, 0.25) is 0 Å². The van der Waals surface area contributed by atoms with Crippen molar-refractivity contribution in [1.29, 1.82) is 0 Å². The number of unbranched alkanes of at least 4 members (excludes halogenated alkanes) is 10. The number of ether oxygens (including phenoxy) is 1. The zero-order valence-electron chi connectivity index (χ0n) is 31.5. The minimum atomic E-state index is -0.166. The predicted octanol–water partition coefficient (Wildman–Crippen LogP) is 14.3. The predicted molar refractivity (Wildman–Crippen MR) is 198 cm³/mol. The maximum absolute atomic E-state index is 11.7. The molecule has 4 rings (SSSR count). The monoisotopic (exact) mass is 641 g/mol. The van der Waals surface area contributed by atoms with Gasteiger partial charge in [0.25, 0.3) is 6.47 Å². The summed E-state index contributed by atoms with van der Waals surface area (Å²) in [6.07, 6.45) is 46.5. The largest absolute Gasteiger partial charge is 0.461 e. The van der Waals surface area contributed by atoms with Gasteiger partial charge in [-0.25, -0.2) is 0 Å². The third-order valence-corrected chi connectivity index (χ3v) is 15.0. The fourth-order valence-electron chi connectivity index (χ4n) is 12.1. The van der Waals surface area contributed by atoms with Crippen LogP contribution in [0.5, 0.6) is 0 Å². The molecular weight excluding hydrogens is 560 g/mol. The van der Waals surface area contributed by atoms with Crippen LogP contribution in [0, 0.1) is 34.5 Å². The molecular formula is C44H80O2. The van der Waals surface area contributed by atoms with Crippen molar-refractivity contribution in [3.05, 3.63) is 0 Å². The van der Waals surface area contributed by atoms with Crippen LogP contribution in [0.15, 0.2) is 0 Å². The molecule has 0 N–H and O–H groups in total. The normalized spacial score (nSPS) is 30.5. The fourth-order valence-corrected chi connectivity index (χ4v) is 12.1. The summed E-state index contributed by atoms with van der Waals surface area (Å²) in [4.78, 5) is 11.7. The standard InChI is InChI=1S/C44H80O2/c1-4-6-8-10-12-16-22-39-23-25-40(26-24-39)42(29-17-14-18-30-42)36-38(3)44(32-20-15-21-33-44)41-27-34-43(35-28-41,46-37-45)31-19-13-11-9-7-5-2/h37-41H,4-36H2,1-3H3. The van der Waals surface area contributed by atoms with E-state index in [-0.39, 0.29) is 5.60 Å². The minimum absolute atomic E-state index is 0.166. The Balaban J connectivity index is 1.35. The lowest BCUT2D eigenvalue weighted by atomic mass is 9.50. The maximum atomic E-state index is 11.7. The Hall–Kier alpha value is -0.530. The summed E-state index contributed by atoms with van der Waals surface area (Å²) in [5.74, 6) is 3.70. The van der Waals surface area contributed by atoms with Gasteiger partial charge >= 0.3 is 0 Å². The summed E-state index contributed by atoms with van der Waals surface area (Å²) < 4.78 is 6.02. The van der Waals surface area contributed by atoms with Crippen molar-refractivity contribution in [1.82, 2.24) is 0 Å². The average molecular weight is 641 g/mol. The molecule has 0 bridgehead atoms. The molecule has 1 atom stereocenters. The molecule has 2 heteroatoms. The van der Waals surface area contributed by atoms with Gasteiger partial charge in [-0.15, -0.1) is 0 Å². The van der Waals surface area contributed by atoms with Crippen molar-refractivity contribution in [2.45, 2.75) is 238 Å². The highest BCUT2D eigenvalue weighted by Crippen LogP contribution is 2.60. The molecule has 4 aliphatic carbocycles. The molecule has 0 aromatic carbocycles. The third-order valence-electron chi connectivity index (χ3n) is 15.0. The minimum Gasteiger partial charge on any atom is -0.461 e. The van der Waals surface area contributed by atoms with Crippen molar-refractivity contribution >= 4 is 6.47 Å². The quantitative estimate of drug-likeness (QED) is 0.0921. The molecule has 0 radical (unpaired) electrons. The van der Waals surface area contributed by atoms with E-state index in [0.29, 0.717) is 10.8 Å². The average Bonchev–Trinajstić information content (AvgIpc) is 3.09. The number of hydrogen-bond acceptors (Lipinski definition) is 2.